The van der Waals surface area contributed by atoms with Gasteiger partial charge in [-0.1, -0.05) is 0 Å². The monoisotopic (exact) mass is 309 g/mol. The number of methoxy groups -OCH3 is 1. The van der Waals surface area contributed by atoms with Crippen molar-refractivity contribution in [2.24, 2.45) is 5.92 Å². The van der Waals surface area contributed by atoms with Crippen LogP contribution in [0.1, 0.15) is 39.6 Å². The number of hydrogen-bond donors (Lipinski definition) is 0. The number of halogens is 3. The summed E-state index contributed by atoms with van der Waals surface area (Å²) in [4.78, 5) is 15.3. The summed E-state index contributed by atoms with van der Waals surface area (Å²) in [6.45, 7) is 2.17. The Labute approximate surface area is 117 Å². The molecule has 2 unspecified atom stereocenters. The minimum atomic E-state index is -4.55. The maximum Gasteiger partial charge on any atom is 0.443 e. The van der Waals surface area contributed by atoms with Gasteiger partial charge in [-0.15, -0.1) is 11.3 Å². The SMILES string of the molecule is CCOC(=O)c1sc(C(F)(F)F)nc1C1CC1COC. The van der Waals surface area contributed by atoms with E-state index < -0.39 is 17.2 Å². The van der Waals surface area contributed by atoms with E-state index in [1.807, 2.05) is 0 Å². The zero-order valence-electron chi connectivity index (χ0n) is 11.0. The second-order valence-electron chi connectivity index (χ2n) is 4.51. The number of esters is 1. The van der Waals surface area contributed by atoms with Crippen LogP contribution in [0, 0.1) is 5.92 Å². The minimum absolute atomic E-state index is 0.0391. The van der Waals surface area contributed by atoms with Gasteiger partial charge in [0.2, 0.25) is 0 Å². The standard InChI is InChI=1S/C12H14F3NO3S/c1-3-19-10(17)9-8(7-4-6(7)5-18-2)16-11(20-9)12(13,14)15/h6-7H,3-5H2,1-2H3. The normalized spacial score (nSPS) is 21.9. The van der Waals surface area contributed by atoms with Crippen molar-refractivity contribution in [3.8, 4) is 0 Å². The van der Waals surface area contributed by atoms with Crippen molar-refractivity contribution in [2.45, 2.75) is 25.4 Å². The van der Waals surface area contributed by atoms with E-state index >= 15 is 0 Å². The molecule has 1 aliphatic rings. The van der Waals surface area contributed by atoms with Crippen molar-refractivity contribution in [1.29, 1.82) is 0 Å². The lowest BCUT2D eigenvalue weighted by Gasteiger charge is -2.01. The summed E-state index contributed by atoms with van der Waals surface area (Å²) in [6.07, 6.45) is -3.86. The lowest BCUT2D eigenvalue weighted by Crippen LogP contribution is -2.06. The van der Waals surface area contributed by atoms with Gasteiger partial charge in [-0.3, -0.25) is 0 Å². The molecular formula is C12H14F3NO3S. The third-order valence-electron chi connectivity index (χ3n) is 3.01. The summed E-state index contributed by atoms with van der Waals surface area (Å²) in [5.74, 6) is -0.767. The maximum atomic E-state index is 12.7. The van der Waals surface area contributed by atoms with Crippen molar-refractivity contribution in [1.82, 2.24) is 4.98 Å². The first-order valence-electron chi connectivity index (χ1n) is 6.12. The fraction of sp³-hybridized carbons (Fsp3) is 0.667. The van der Waals surface area contributed by atoms with Crippen LogP contribution in [0.15, 0.2) is 0 Å². The predicted molar refractivity (Wildman–Crippen MR) is 65.8 cm³/mol. The first kappa shape index (κ1) is 15.2. The molecule has 4 nitrogen and oxygen atoms in total. The average Bonchev–Trinajstić information content (AvgIpc) is 2.96. The Balaban J connectivity index is 2.29. The van der Waals surface area contributed by atoms with Crippen LogP contribution in [0.25, 0.3) is 0 Å². The number of aromatic nitrogens is 1. The van der Waals surface area contributed by atoms with Gasteiger partial charge in [0.1, 0.15) is 4.88 Å². The quantitative estimate of drug-likeness (QED) is 0.784. The highest BCUT2D eigenvalue weighted by molar-refractivity contribution is 7.13. The molecule has 1 aromatic heterocycles. The molecule has 8 heteroatoms. The van der Waals surface area contributed by atoms with Crippen LogP contribution in [0.2, 0.25) is 0 Å². The molecule has 0 N–H and O–H groups in total. The number of alkyl halides is 3. The van der Waals surface area contributed by atoms with Crippen molar-refractivity contribution >= 4 is 17.3 Å². The van der Waals surface area contributed by atoms with Gasteiger partial charge in [-0.25, -0.2) is 9.78 Å². The third kappa shape index (κ3) is 3.12. The van der Waals surface area contributed by atoms with Crippen LogP contribution in [0.3, 0.4) is 0 Å². The molecule has 0 radical (unpaired) electrons. The zero-order chi connectivity index (χ0) is 14.9. The molecular weight excluding hydrogens is 295 g/mol. The fourth-order valence-electron chi connectivity index (χ4n) is 2.03. The van der Waals surface area contributed by atoms with Gasteiger partial charge >= 0.3 is 12.1 Å². The van der Waals surface area contributed by atoms with Gasteiger partial charge in [0, 0.05) is 19.6 Å². The Bertz CT molecular complexity index is 501. The van der Waals surface area contributed by atoms with E-state index in [1.54, 1.807) is 6.92 Å². The van der Waals surface area contributed by atoms with Gasteiger partial charge in [0.25, 0.3) is 0 Å². The lowest BCUT2D eigenvalue weighted by atomic mass is 10.2. The van der Waals surface area contributed by atoms with E-state index in [4.69, 9.17) is 9.47 Å². The Hall–Kier alpha value is -1.15. The Kier molecular flexibility index (Phi) is 4.33. The van der Waals surface area contributed by atoms with Gasteiger partial charge in [-0.05, 0) is 19.3 Å². The average molecular weight is 309 g/mol. The molecule has 2 atom stereocenters. The second-order valence-corrected chi connectivity index (χ2v) is 5.51. The summed E-state index contributed by atoms with van der Waals surface area (Å²) in [5.41, 5.74) is 0.197. The molecule has 1 saturated carbocycles. The number of hydrogen-bond acceptors (Lipinski definition) is 5. The van der Waals surface area contributed by atoms with Crippen molar-refractivity contribution in [3.63, 3.8) is 0 Å². The summed E-state index contributed by atoms with van der Waals surface area (Å²) in [5, 5.41) is -1.00. The van der Waals surface area contributed by atoms with Crippen molar-refractivity contribution in [3.05, 3.63) is 15.6 Å². The van der Waals surface area contributed by atoms with E-state index in [0.29, 0.717) is 24.4 Å². The summed E-state index contributed by atoms with van der Waals surface area (Å²) in [6, 6.07) is 0. The van der Waals surface area contributed by atoms with E-state index in [0.717, 1.165) is 0 Å². The minimum Gasteiger partial charge on any atom is -0.462 e. The lowest BCUT2D eigenvalue weighted by molar-refractivity contribution is -0.137. The molecule has 0 aliphatic heterocycles. The molecule has 0 spiro atoms. The molecule has 0 aromatic carbocycles. The summed E-state index contributed by atoms with van der Waals surface area (Å²) in [7, 11) is 1.53. The highest BCUT2D eigenvalue weighted by Crippen LogP contribution is 2.50. The molecule has 1 fully saturated rings. The molecule has 1 aliphatic carbocycles. The van der Waals surface area contributed by atoms with Crippen LogP contribution < -0.4 is 0 Å². The zero-order valence-corrected chi connectivity index (χ0v) is 11.8. The number of carbonyl (C=O) groups is 1. The predicted octanol–water partition coefficient (Wildman–Crippen LogP) is 3.09. The van der Waals surface area contributed by atoms with E-state index in [9.17, 15) is 18.0 Å². The topological polar surface area (TPSA) is 48.4 Å². The van der Waals surface area contributed by atoms with Crippen LogP contribution >= 0.6 is 11.3 Å². The molecule has 1 aromatic rings. The highest BCUT2D eigenvalue weighted by Gasteiger charge is 2.45. The van der Waals surface area contributed by atoms with Crippen LogP contribution in [-0.4, -0.2) is 31.3 Å². The molecule has 0 bridgehead atoms. The van der Waals surface area contributed by atoms with Gasteiger partial charge in [0.15, 0.2) is 5.01 Å². The number of thiazole rings is 1. The Morgan fingerprint density at radius 2 is 2.20 bits per heavy atom. The number of ether oxygens (including phenoxy) is 2. The van der Waals surface area contributed by atoms with Gasteiger partial charge in [0.05, 0.1) is 12.3 Å². The maximum absolute atomic E-state index is 12.7. The smallest absolute Gasteiger partial charge is 0.443 e. The van der Waals surface area contributed by atoms with Gasteiger partial charge in [-0.2, -0.15) is 13.2 Å². The summed E-state index contributed by atoms with van der Waals surface area (Å²) < 4.78 is 48.0. The Morgan fingerprint density at radius 1 is 1.50 bits per heavy atom. The number of nitrogens with zero attached hydrogens (tertiary/aromatic N) is 1. The molecule has 20 heavy (non-hydrogen) atoms. The van der Waals surface area contributed by atoms with E-state index in [2.05, 4.69) is 4.98 Å². The van der Waals surface area contributed by atoms with E-state index in [1.165, 1.54) is 7.11 Å². The third-order valence-corrected chi connectivity index (χ3v) is 4.11. The molecule has 0 saturated heterocycles. The number of carbonyl (C=O) groups excluding carboxylic acids is 1. The van der Waals surface area contributed by atoms with E-state index in [-0.39, 0.29) is 29.0 Å². The molecule has 1 heterocycles. The molecule has 2 rings (SSSR count). The molecule has 112 valence electrons. The summed E-state index contributed by atoms with van der Waals surface area (Å²) >= 11 is 0.351. The van der Waals surface area contributed by atoms with Crippen molar-refractivity contribution in [2.75, 3.05) is 20.3 Å². The van der Waals surface area contributed by atoms with Crippen molar-refractivity contribution < 1.29 is 27.4 Å². The van der Waals surface area contributed by atoms with Crippen LogP contribution in [0.5, 0.6) is 0 Å². The highest BCUT2D eigenvalue weighted by atomic mass is 32.1. The fourth-order valence-corrected chi connectivity index (χ4v) is 2.93. The first-order valence-corrected chi connectivity index (χ1v) is 6.94. The number of rotatable bonds is 5. The first-order chi connectivity index (χ1) is 9.38. The van der Waals surface area contributed by atoms with Crippen LogP contribution in [-0.2, 0) is 15.7 Å². The Morgan fingerprint density at radius 3 is 2.75 bits per heavy atom. The van der Waals surface area contributed by atoms with Crippen LogP contribution in [0.4, 0.5) is 13.2 Å². The largest absolute Gasteiger partial charge is 0.462 e. The molecule has 0 amide bonds. The van der Waals surface area contributed by atoms with Gasteiger partial charge < -0.3 is 9.47 Å². The second kappa shape index (κ2) is 5.69.